The third-order valence-corrected chi connectivity index (χ3v) is 5.87. The van der Waals surface area contributed by atoms with Crippen LogP contribution in [0.4, 0.5) is 0 Å². The number of rotatable bonds is 27. The summed E-state index contributed by atoms with van der Waals surface area (Å²) in [5.74, 6) is -0.311. The molecule has 0 fully saturated rings. The molecule has 0 unspecified atom stereocenters. The van der Waals surface area contributed by atoms with Crippen LogP contribution in [0.3, 0.4) is 0 Å². The third kappa shape index (κ3) is 26.1. The first-order valence-electron chi connectivity index (χ1n) is 14.0. The van der Waals surface area contributed by atoms with Crippen molar-refractivity contribution >= 4 is 5.97 Å². The summed E-state index contributed by atoms with van der Waals surface area (Å²) in [5, 5.41) is 37.3. The normalized spacial score (nSPS) is 14.1. The molecule has 0 aliphatic heterocycles. The molecule has 0 rings (SSSR count). The van der Waals surface area contributed by atoms with E-state index in [-0.39, 0.29) is 39.0 Å². The van der Waals surface area contributed by atoms with Gasteiger partial charge in [-0.15, -0.1) is 0 Å². The molecular formula is C27H54O8. The molecule has 0 aliphatic rings. The SMILES string of the molecule is CCCCCCCCCCCCCCCCCC(=O)OC[C@H](O)COC[C@@H](O)COC[C@H](O)CO. The fourth-order valence-corrected chi connectivity index (χ4v) is 3.73. The van der Waals surface area contributed by atoms with Gasteiger partial charge >= 0.3 is 5.97 Å². The maximum atomic E-state index is 11.8. The number of unbranched alkanes of at least 4 members (excludes halogenated alkanes) is 14. The van der Waals surface area contributed by atoms with E-state index in [0.717, 1.165) is 19.3 Å². The predicted molar refractivity (Wildman–Crippen MR) is 137 cm³/mol. The van der Waals surface area contributed by atoms with Gasteiger partial charge in [0.05, 0.1) is 33.0 Å². The Morgan fingerprint density at radius 1 is 0.571 bits per heavy atom. The first kappa shape index (κ1) is 34.2. The van der Waals surface area contributed by atoms with Crippen LogP contribution in [0.15, 0.2) is 0 Å². The molecule has 0 spiro atoms. The van der Waals surface area contributed by atoms with Crippen LogP contribution in [0.1, 0.15) is 110 Å². The van der Waals surface area contributed by atoms with Gasteiger partial charge in [0.25, 0.3) is 0 Å². The van der Waals surface area contributed by atoms with Gasteiger partial charge in [0, 0.05) is 6.42 Å². The van der Waals surface area contributed by atoms with Crippen LogP contribution in [0.2, 0.25) is 0 Å². The van der Waals surface area contributed by atoms with Crippen molar-refractivity contribution in [3.05, 3.63) is 0 Å². The minimum atomic E-state index is -0.978. The molecule has 0 amide bonds. The van der Waals surface area contributed by atoms with Crippen molar-refractivity contribution in [2.75, 3.05) is 39.6 Å². The zero-order chi connectivity index (χ0) is 26.0. The second-order valence-corrected chi connectivity index (χ2v) is 9.60. The standard InChI is InChI=1S/C27H54O8/c1-2-3-4-5-6-7-8-9-10-11-12-13-14-15-16-17-27(32)35-23-26(31)22-34-21-25(30)20-33-19-24(29)18-28/h24-26,28-31H,2-23H2,1H3/t24-,25+,26-/m1/s1. The largest absolute Gasteiger partial charge is 0.463 e. The molecule has 0 saturated heterocycles. The number of hydrogen-bond acceptors (Lipinski definition) is 8. The summed E-state index contributed by atoms with van der Waals surface area (Å²) in [7, 11) is 0. The van der Waals surface area contributed by atoms with E-state index in [0.29, 0.717) is 6.42 Å². The van der Waals surface area contributed by atoms with Crippen molar-refractivity contribution in [3.63, 3.8) is 0 Å². The van der Waals surface area contributed by atoms with Gasteiger partial charge < -0.3 is 34.6 Å². The Balaban J connectivity index is 3.39. The summed E-state index contributed by atoms with van der Waals surface area (Å²) in [6, 6.07) is 0. The number of hydrogen-bond donors (Lipinski definition) is 4. The Labute approximate surface area is 213 Å². The van der Waals surface area contributed by atoms with Crippen LogP contribution >= 0.6 is 0 Å². The molecule has 8 nitrogen and oxygen atoms in total. The number of carbonyl (C=O) groups is 1. The van der Waals surface area contributed by atoms with Crippen molar-refractivity contribution < 1.29 is 39.4 Å². The molecule has 0 aliphatic carbocycles. The monoisotopic (exact) mass is 506 g/mol. The second-order valence-electron chi connectivity index (χ2n) is 9.60. The zero-order valence-corrected chi connectivity index (χ0v) is 22.2. The zero-order valence-electron chi connectivity index (χ0n) is 22.2. The first-order valence-corrected chi connectivity index (χ1v) is 14.0. The lowest BCUT2D eigenvalue weighted by atomic mass is 10.0. The third-order valence-electron chi connectivity index (χ3n) is 5.87. The number of carbonyl (C=O) groups excluding carboxylic acids is 1. The summed E-state index contributed by atoms with van der Waals surface area (Å²) < 4.78 is 15.3. The minimum Gasteiger partial charge on any atom is -0.463 e. The summed E-state index contributed by atoms with van der Waals surface area (Å²) in [6.07, 6.45) is 16.7. The summed E-state index contributed by atoms with van der Waals surface area (Å²) in [5.41, 5.74) is 0. The molecule has 0 bridgehead atoms. The van der Waals surface area contributed by atoms with Gasteiger partial charge in [-0.3, -0.25) is 4.79 Å². The summed E-state index contributed by atoms with van der Waals surface area (Å²) in [6.45, 7) is 1.46. The van der Waals surface area contributed by atoms with Gasteiger partial charge in [0.1, 0.15) is 24.9 Å². The average Bonchev–Trinajstić information content (AvgIpc) is 2.85. The first-order chi connectivity index (χ1) is 17.0. The van der Waals surface area contributed by atoms with Crippen molar-refractivity contribution in [3.8, 4) is 0 Å². The molecule has 210 valence electrons. The average molecular weight is 507 g/mol. The summed E-state index contributed by atoms with van der Waals surface area (Å²) >= 11 is 0. The van der Waals surface area contributed by atoms with E-state index in [1.807, 2.05) is 0 Å². The molecule has 0 aromatic rings. The summed E-state index contributed by atoms with van der Waals surface area (Å²) in [4.78, 5) is 11.8. The number of aliphatic hydroxyl groups excluding tert-OH is 4. The molecule has 0 radical (unpaired) electrons. The van der Waals surface area contributed by atoms with Crippen LogP contribution in [0.5, 0.6) is 0 Å². The van der Waals surface area contributed by atoms with E-state index in [4.69, 9.17) is 24.4 Å². The van der Waals surface area contributed by atoms with Gasteiger partial charge in [0.15, 0.2) is 0 Å². The van der Waals surface area contributed by atoms with Crippen molar-refractivity contribution in [2.45, 2.75) is 128 Å². The quantitative estimate of drug-likeness (QED) is 0.0976. The van der Waals surface area contributed by atoms with E-state index >= 15 is 0 Å². The maximum absolute atomic E-state index is 11.8. The molecule has 3 atom stereocenters. The van der Waals surface area contributed by atoms with Crippen molar-refractivity contribution in [1.82, 2.24) is 0 Å². The Bertz CT molecular complexity index is 449. The Morgan fingerprint density at radius 3 is 1.37 bits per heavy atom. The Morgan fingerprint density at radius 2 is 0.943 bits per heavy atom. The van der Waals surface area contributed by atoms with Crippen LogP contribution < -0.4 is 0 Å². The highest BCUT2D eigenvalue weighted by Crippen LogP contribution is 2.13. The van der Waals surface area contributed by atoms with E-state index in [2.05, 4.69) is 6.92 Å². The van der Waals surface area contributed by atoms with E-state index in [9.17, 15) is 15.0 Å². The van der Waals surface area contributed by atoms with Gasteiger partial charge in [-0.05, 0) is 6.42 Å². The predicted octanol–water partition coefficient (Wildman–Crippen LogP) is 3.90. The van der Waals surface area contributed by atoms with Crippen LogP contribution in [-0.4, -0.2) is 84.3 Å². The molecule has 35 heavy (non-hydrogen) atoms. The minimum absolute atomic E-state index is 0.0542. The van der Waals surface area contributed by atoms with E-state index in [1.165, 1.54) is 77.0 Å². The number of aliphatic hydroxyl groups is 4. The fraction of sp³-hybridized carbons (Fsp3) is 0.963. The fourth-order valence-electron chi connectivity index (χ4n) is 3.73. The van der Waals surface area contributed by atoms with E-state index in [1.54, 1.807) is 0 Å². The van der Waals surface area contributed by atoms with Gasteiger partial charge in [-0.25, -0.2) is 0 Å². The highest BCUT2D eigenvalue weighted by molar-refractivity contribution is 5.69. The van der Waals surface area contributed by atoms with Crippen molar-refractivity contribution in [2.24, 2.45) is 0 Å². The highest BCUT2D eigenvalue weighted by atomic mass is 16.6. The lowest BCUT2D eigenvalue weighted by molar-refractivity contribution is -0.148. The Hall–Kier alpha value is -0.770. The number of esters is 1. The highest BCUT2D eigenvalue weighted by Gasteiger charge is 2.12. The molecule has 0 saturated carbocycles. The van der Waals surface area contributed by atoms with Gasteiger partial charge in [-0.1, -0.05) is 96.8 Å². The molecule has 0 heterocycles. The Kier molecular flexibility index (Phi) is 25.7. The van der Waals surface area contributed by atoms with E-state index < -0.39 is 24.9 Å². The smallest absolute Gasteiger partial charge is 0.305 e. The number of ether oxygens (including phenoxy) is 3. The molecule has 0 aromatic carbocycles. The van der Waals surface area contributed by atoms with Crippen LogP contribution in [0, 0.1) is 0 Å². The molecule has 4 N–H and O–H groups in total. The lowest BCUT2D eigenvalue weighted by Crippen LogP contribution is -2.29. The van der Waals surface area contributed by atoms with Crippen molar-refractivity contribution in [1.29, 1.82) is 0 Å². The maximum Gasteiger partial charge on any atom is 0.305 e. The molecule has 8 heteroatoms. The lowest BCUT2D eigenvalue weighted by Gasteiger charge is -2.15. The second kappa shape index (κ2) is 26.3. The van der Waals surface area contributed by atoms with Crippen LogP contribution in [0.25, 0.3) is 0 Å². The molecule has 0 aromatic heterocycles. The molecular weight excluding hydrogens is 452 g/mol. The van der Waals surface area contributed by atoms with Crippen LogP contribution in [-0.2, 0) is 19.0 Å². The topological polar surface area (TPSA) is 126 Å². The van der Waals surface area contributed by atoms with Gasteiger partial charge in [0.2, 0.25) is 0 Å². The van der Waals surface area contributed by atoms with Gasteiger partial charge in [-0.2, -0.15) is 0 Å².